The third-order valence-electron chi connectivity index (χ3n) is 4.63. The standard InChI is InChI=1S/C23H28N4O2S/c1-15(2)17-5-9-19(10-6-17)24-22(28)14-30-23-25-21(26-27-23)13-29-20-11-7-18(8-12-20)16(3)4/h5-12,15-16H,13-14H2,1-4H3,(H,24,28)(H,25,26,27). The summed E-state index contributed by atoms with van der Waals surface area (Å²) < 4.78 is 5.75. The Morgan fingerprint density at radius 1 is 1.00 bits per heavy atom. The van der Waals surface area contributed by atoms with Crippen LogP contribution in [0.3, 0.4) is 0 Å². The number of carbonyl (C=O) groups excluding carboxylic acids is 1. The van der Waals surface area contributed by atoms with Gasteiger partial charge in [0.1, 0.15) is 12.4 Å². The Morgan fingerprint density at radius 3 is 2.20 bits per heavy atom. The number of carbonyl (C=O) groups is 1. The predicted octanol–water partition coefficient (Wildman–Crippen LogP) is 5.36. The van der Waals surface area contributed by atoms with Crippen LogP contribution in [0.2, 0.25) is 0 Å². The zero-order valence-corrected chi connectivity index (χ0v) is 18.6. The van der Waals surface area contributed by atoms with Crippen LogP contribution in [0.25, 0.3) is 0 Å². The number of hydrogen-bond donors (Lipinski definition) is 2. The van der Waals surface area contributed by atoms with Crippen molar-refractivity contribution in [3.8, 4) is 5.75 Å². The van der Waals surface area contributed by atoms with E-state index in [1.807, 2.05) is 36.4 Å². The summed E-state index contributed by atoms with van der Waals surface area (Å²) in [5.74, 6) is 2.51. The van der Waals surface area contributed by atoms with Gasteiger partial charge in [-0.05, 0) is 47.2 Å². The predicted molar refractivity (Wildman–Crippen MR) is 121 cm³/mol. The number of aromatic nitrogens is 3. The van der Waals surface area contributed by atoms with Crippen LogP contribution in [0.1, 0.15) is 56.5 Å². The molecule has 158 valence electrons. The minimum Gasteiger partial charge on any atom is -0.486 e. The fourth-order valence-electron chi connectivity index (χ4n) is 2.79. The Kier molecular flexibility index (Phi) is 7.52. The molecule has 0 aliphatic carbocycles. The van der Waals surface area contributed by atoms with E-state index in [-0.39, 0.29) is 11.7 Å². The first kappa shape index (κ1) is 21.9. The van der Waals surface area contributed by atoms with Gasteiger partial charge >= 0.3 is 0 Å². The highest BCUT2D eigenvalue weighted by atomic mass is 32.2. The zero-order chi connectivity index (χ0) is 21.5. The number of nitrogens with one attached hydrogen (secondary N) is 2. The Morgan fingerprint density at radius 2 is 1.60 bits per heavy atom. The van der Waals surface area contributed by atoms with Crippen LogP contribution in [0.4, 0.5) is 5.69 Å². The lowest BCUT2D eigenvalue weighted by Crippen LogP contribution is -2.14. The van der Waals surface area contributed by atoms with Crippen LogP contribution in [0.5, 0.6) is 5.75 Å². The highest BCUT2D eigenvalue weighted by Crippen LogP contribution is 2.20. The Labute approximate surface area is 181 Å². The average molecular weight is 425 g/mol. The van der Waals surface area contributed by atoms with E-state index in [1.165, 1.54) is 22.9 Å². The molecule has 0 radical (unpaired) electrons. The van der Waals surface area contributed by atoms with Gasteiger partial charge in [-0.1, -0.05) is 63.7 Å². The molecule has 0 fully saturated rings. The molecule has 0 unspecified atom stereocenters. The summed E-state index contributed by atoms with van der Waals surface area (Å²) in [4.78, 5) is 16.5. The van der Waals surface area contributed by atoms with Crippen molar-refractivity contribution >= 4 is 23.4 Å². The van der Waals surface area contributed by atoms with Gasteiger partial charge in [-0.25, -0.2) is 4.98 Å². The van der Waals surface area contributed by atoms with Gasteiger partial charge in [-0.2, -0.15) is 0 Å². The SMILES string of the molecule is CC(C)c1ccc(NC(=O)CSc2n[nH]c(COc3ccc(C(C)C)cc3)n2)cc1. The van der Waals surface area contributed by atoms with Crippen molar-refractivity contribution in [3.63, 3.8) is 0 Å². The molecule has 1 heterocycles. The maximum absolute atomic E-state index is 12.2. The summed E-state index contributed by atoms with van der Waals surface area (Å²) in [5.41, 5.74) is 3.31. The van der Waals surface area contributed by atoms with Crippen LogP contribution in [-0.4, -0.2) is 26.8 Å². The molecular formula is C23H28N4O2S. The molecular weight excluding hydrogens is 396 g/mol. The average Bonchev–Trinajstić information content (AvgIpc) is 3.19. The number of benzene rings is 2. The molecule has 0 aliphatic heterocycles. The molecule has 3 rings (SSSR count). The summed E-state index contributed by atoms with van der Waals surface area (Å²) in [6, 6.07) is 16.0. The van der Waals surface area contributed by atoms with Gasteiger partial charge in [0, 0.05) is 5.69 Å². The summed E-state index contributed by atoms with van der Waals surface area (Å²) in [5, 5.41) is 10.4. The Bertz CT molecular complexity index is 950. The normalized spacial score (nSPS) is 11.1. The van der Waals surface area contributed by atoms with Crippen LogP contribution in [0.15, 0.2) is 53.7 Å². The number of amides is 1. The third-order valence-corrected chi connectivity index (χ3v) is 5.47. The fraction of sp³-hybridized carbons (Fsp3) is 0.348. The van der Waals surface area contributed by atoms with Gasteiger partial charge in [0.15, 0.2) is 5.82 Å². The molecule has 0 bridgehead atoms. The second-order valence-corrected chi connectivity index (χ2v) is 8.63. The molecule has 1 amide bonds. The Balaban J connectivity index is 1.44. The highest BCUT2D eigenvalue weighted by Gasteiger charge is 2.09. The lowest BCUT2D eigenvalue weighted by Gasteiger charge is -2.08. The van der Waals surface area contributed by atoms with Crippen molar-refractivity contribution in [2.45, 2.75) is 51.3 Å². The van der Waals surface area contributed by atoms with E-state index in [2.05, 4.69) is 60.3 Å². The van der Waals surface area contributed by atoms with Crippen LogP contribution in [0, 0.1) is 0 Å². The first-order valence-corrected chi connectivity index (χ1v) is 11.1. The number of aromatic amines is 1. The maximum atomic E-state index is 12.2. The smallest absolute Gasteiger partial charge is 0.234 e. The number of thioether (sulfide) groups is 1. The van der Waals surface area contributed by atoms with E-state index < -0.39 is 0 Å². The molecule has 2 N–H and O–H groups in total. The van der Waals surface area contributed by atoms with Crippen molar-refractivity contribution < 1.29 is 9.53 Å². The molecule has 2 aromatic carbocycles. The topological polar surface area (TPSA) is 79.9 Å². The number of H-pyrrole nitrogens is 1. The molecule has 0 spiro atoms. The van der Waals surface area contributed by atoms with E-state index in [4.69, 9.17) is 4.74 Å². The molecule has 3 aromatic rings. The minimum atomic E-state index is -0.0925. The summed E-state index contributed by atoms with van der Waals surface area (Å²) >= 11 is 1.28. The first-order valence-electron chi connectivity index (χ1n) is 10.1. The van der Waals surface area contributed by atoms with E-state index in [0.717, 1.165) is 11.4 Å². The quantitative estimate of drug-likeness (QED) is 0.452. The van der Waals surface area contributed by atoms with Gasteiger partial charge < -0.3 is 10.1 Å². The molecule has 0 atom stereocenters. The molecule has 7 heteroatoms. The number of hydrogen-bond acceptors (Lipinski definition) is 5. The summed E-state index contributed by atoms with van der Waals surface area (Å²) in [7, 11) is 0. The lowest BCUT2D eigenvalue weighted by atomic mass is 10.0. The zero-order valence-electron chi connectivity index (χ0n) is 17.8. The van der Waals surface area contributed by atoms with E-state index in [9.17, 15) is 4.79 Å². The second kappa shape index (κ2) is 10.3. The number of nitrogens with zero attached hydrogens (tertiary/aromatic N) is 2. The van der Waals surface area contributed by atoms with Crippen molar-refractivity contribution in [2.75, 3.05) is 11.1 Å². The molecule has 30 heavy (non-hydrogen) atoms. The van der Waals surface area contributed by atoms with Gasteiger partial charge in [-0.3, -0.25) is 9.89 Å². The maximum Gasteiger partial charge on any atom is 0.234 e. The van der Waals surface area contributed by atoms with Gasteiger partial charge in [0.05, 0.1) is 5.75 Å². The number of rotatable bonds is 9. The number of ether oxygens (including phenoxy) is 1. The second-order valence-electron chi connectivity index (χ2n) is 7.69. The third kappa shape index (κ3) is 6.35. The molecule has 6 nitrogen and oxygen atoms in total. The Hall–Kier alpha value is -2.80. The first-order chi connectivity index (χ1) is 14.4. The monoisotopic (exact) mass is 424 g/mol. The van der Waals surface area contributed by atoms with Crippen LogP contribution < -0.4 is 10.1 Å². The van der Waals surface area contributed by atoms with Crippen molar-refractivity contribution in [2.24, 2.45) is 0 Å². The summed E-state index contributed by atoms with van der Waals surface area (Å²) in [6.45, 7) is 8.90. The minimum absolute atomic E-state index is 0.0925. The highest BCUT2D eigenvalue weighted by molar-refractivity contribution is 7.99. The lowest BCUT2D eigenvalue weighted by molar-refractivity contribution is -0.113. The van der Waals surface area contributed by atoms with Crippen molar-refractivity contribution in [1.82, 2.24) is 15.2 Å². The van der Waals surface area contributed by atoms with Crippen molar-refractivity contribution in [1.29, 1.82) is 0 Å². The molecule has 0 aliphatic rings. The van der Waals surface area contributed by atoms with E-state index >= 15 is 0 Å². The molecule has 0 saturated heterocycles. The van der Waals surface area contributed by atoms with Gasteiger partial charge in [-0.15, -0.1) is 5.10 Å². The van der Waals surface area contributed by atoms with Crippen LogP contribution >= 0.6 is 11.8 Å². The van der Waals surface area contributed by atoms with E-state index in [0.29, 0.717) is 29.4 Å². The molecule has 0 saturated carbocycles. The largest absolute Gasteiger partial charge is 0.486 e. The van der Waals surface area contributed by atoms with Gasteiger partial charge in [0.25, 0.3) is 0 Å². The van der Waals surface area contributed by atoms with E-state index in [1.54, 1.807) is 0 Å². The molecule has 1 aromatic heterocycles. The van der Waals surface area contributed by atoms with Crippen LogP contribution in [-0.2, 0) is 11.4 Å². The van der Waals surface area contributed by atoms with Crippen molar-refractivity contribution in [3.05, 3.63) is 65.5 Å². The number of anilines is 1. The fourth-order valence-corrected chi connectivity index (χ4v) is 3.40. The summed E-state index contributed by atoms with van der Waals surface area (Å²) in [6.07, 6.45) is 0. The van der Waals surface area contributed by atoms with Gasteiger partial charge in [0.2, 0.25) is 11.1 Å².